The van der Waals surface area contributed by atoms with Crippen LogP contribution in [0.5, 0.6) is 17.2 Å². The Labute approximate surface area is 259 Å². The number of anilines is 2. The number of hydrogen-bond donors (Lipinski definition) is 1. The second kappa shape index (κ2) is 17.0. The van der Waals surface area contributed by atoms with Gasteiger partial charge in [-0.05, 0) is 85.6 Å². The van der Waals surface area contributed by atoms with Crippen LogP contribution in [0.4, 0.5) is 16.2 Å². The smallest absolute Gasteiger partial charge is 0.326 e. The number of ether oxygens (including phenoxy) is 2. The Kier molecular flexibility index (Phi) is 12.5. The number of urea groups is 1. The summed E-state index contributed by atoms with van der Waals surface area (Å²) in [7, 11) is 0. The molecule has 4 aromatic carbocycles. The third-order valence-electron chi connectivity index (χ3n) is 6.72. The Morgan fingerprint density at radius 3 is 2.05 bits per heavy atom. The molecular weight excluding hydrogens is 556 g/mol. The van der Waals surface area contributed by atoms with Gasteiger partial charge in [-0.25, -0.2) is 4.79 Å². The van der Waals surface area contributed by atoms with E-state index in [4.69, 9.17) is 9.47 Å². The highest BCUT2D eigenvalue weighted by molar-refractivity contribution is 7.99. The zero-order valence-electron chi connectivity index (χ0n) is 25.0. The zero-order valence-corrected chi connectivity index (χ0v) is 25.8. The van der Waals surface area contributed by atoms with Gasteiger partial charge in [0.05, 0.1) is 5.69 Å². The van der Waals surface area contributed by atoms with Gasteiger partial charge < -0.3 is 14.8 Å². The molecular formula is C36H40N2O4S. The molecule has 0 bridgehead atoms. The second-order valence-electron chi connectivity index (χ2n) is 10.2. The van der Waals surface area contributed by atoms with Gasteiger partial charge in [0.2, 0.25) is 0 Å². The van der Waals surface area contributed by atoms with E-state index in [9.17, 15) is 9.59 Å². The van der Waals surface area contributed by atoms with E-state index in [-0.39, 0.29) is 12.0 Å². The Balaban J connectivity index is 1.45. The minimum absolute atomic E-state index is 0.201. The number of nitrogens with one attached hydrogen (secondary N) is 1. The summed E-state index contributed by atoms with van der Waals surface area (Å²) in [6.45, 7) is 4.76. The van der Waals surface area contributed by atoms with E-state index in [2.05, 4.69) is 12.2 Å². The molecule has 0 unspecified atom stereocenters. The van der Waals surface area contributed by atoms with Gasteiger partial charge in [-0.3, -0.25) is 9.69 Å². The zero-order chi connectivity index (χ0) is 30.3. The summed E-state index contributed by atoms with van der Waals surface area (Å²) in [5.41, 5.74) is 1.44. The fourth-order valence-electron chi connectivity index (χ4n) is 4.47. The maximum Gasteiger partial charge on any atom is 0.326 e. The average Bonchev–Trinajstić information content (AvgIpc) is 3.02. The van der Waals surface area contributed by atoms with E-state index in [0.29, 0.717) is 35.9 Å². The lowest BCUT2D eigenvalue weighted by Gasteiger charge is -2.24. The predicted molar refractivity (Wildman–Crippen MR) is 176 cm³/mol. The van der Waals surface area contributed by atoms with Crippen molar-refractivity contribution in [3.05, 3.63) is 103 Å². The minimum atomic E-state index is -0.218. The normalized spacial score (nSPS) is 10.7. The van der Waals surface area contributed by atoms with E-state index >= 15 is 0 Å². The van der Waals surface area contributed by atoms with Gasteiger partial charge >= 0.3 is 12.0 Å². The Hall–Kier alpha value is -4.23. The maximum atomic E-state index is 13.7. The quantitative estimate of drug-likeness (QED) is 0.0840. The van der Waals surface area contributed by atoms with Crippen molar-refractivity contribution in [2.45, 2.75) is 68.6 Å². The Bertz CT molecular complexity index is 1430. The lowest BCUT2D eigenvalue weighted by Crippen LogP contribution is -2.36. The fourth-order valence-corrected chi connectivity index (χ4v) is 5.29. The summed E-state index contributed by atoms with van der Waals surface area (Å²) in [4.78, 5) is 29.3. The van der Waals surface area contributed by atoms with Crippen molar-refractivity contribution in [2.24, 2.45) is 0 Å². The van der Waals surface area contributed by atoms with Gasteiger partial charge in [-0.2, -0.15) is 0 Å². The van der Waals surface area contributed by atoms with E-state index in [1.165, 1.54) is 12.8 Å². The van der Waals surface area contributed by atoms with E-state index in [0.717, 1.165) is 41.2 Å². The van der Waals surface area contributed by atoms with Gasteiger partial charge in [0.1, 0.15) is 11.5 Å². The van der Waals surface area contributed by atoms with E-state index in [1.54, 1.807) is 16.7 Å². The van der Waals surface area contributed by atoms with Gasteiger partial charge in [0, 0.05) is 28.4 Å². The molecule has 4 aromatic rings. The number of para-hydroxylation sites is 3. The Morgan fingerprint density at radius 2 is 1.35 bits per heavy atom. The molecule has 7 heteroatoms. The van der Waals surface area contributed by atoms with Crippen molar-refractivity contribution >= 4 is 35.1 Å². The molecule has 224 valence electrons. The van der Waals surface area contributed by atoms with Gasteiger partial charge in [-0.15, -0.1) is 0 Å². The molecule has 0 radical (unpaired) electrons. The number of benzene rings is 4. The molecule has 0 heterocycles. The number of carbonyl (C=O) groups is 2. The Morgan fingerprint density at radius 1 is 0.698 bits per heavy atom. The highest BCUT2D eigenvalue weighted by atomic mass is 32.2. The van der Waals surface area contributed by atoms with E-state index in [1.807, 2.05) is 110 Å². The minimum Gasteiger partial charge on any atom is -0.455 e. The SMILES string of the molecule is CCCCCCCN(C(=O)Nc1ccccc1Oc1ccccc1)c1ccc(Sc2ccc(OC(=O)CCC)cc2)cc1. The van der Waals surface area contributed by atoms with Crippen LogP contribution in [0.1, 0.15) is 58.8 Å². The van der Waals surface area contributed by atoms with Crippen LogP contribution < -0.4 is 19.7 Å². The predicted octanol–water partition coefficient (Wildman–Crippen LogP) is 10.3. The van der Waals surface area contributed by atoms with Crippen LogP contribution in [-0.2, 0) is 4.79 Å². The standard InChI is InChI=1S/C36H40N2O4S/c1-3-5-6-7-13-27-38(36(40)37-33-17-11-12-18-34(33)41-29-15-9-8-10-16-29)28-19-23-31(24-20-28)43-32-25-21-30(22-26-32)42-35(39)14-4-2/h8-12,15-26H,3-7,13-14,27H2,1-2H3,(H,37,40). The molecule has 0 saturated heterocycles. The number of hydrogen-bond acceptors (Lipinski definition) is 5. The van der Waals surface area contributed by atoms with E-state index < -0.39 is 0 Å². The lowest BCUT2D eigenvalue weighted by atomic mass is 10.1. The highest BCUT2D eigenvalue weighted by Crippen LogP contribution is 2.32. The largest absolute Gasteiger partial charge is 0.455 e. The number of amides is 2. The third-order valence-corrected chi connectivity index (χ3v) is 7.74. The van der Waals surface area contributed by atoms with Gasteiger partial charge in [0.15, 0.2) is 5.75 Å². The number of carbonyl (C=O) groups excluding carboxylic acids is 2. The molecule has 0 spiro atoms. The molecule has 0 fully saturated rings. The number of rotatable bonds is 15. The fraction of sp³-hybridized carbons (Fsp3) is 0.278. The average molecular weight is 597 g/mol. The van der Waals surface area contributed by atoms with Crippen LogP contribution in [0.15, 0.2) is 113 Å². The lowest BCUT2D eigenvalue weighted by molar-refractivity contribution is -0.134. The van der Waals surface area contributed by atoms with Crippen molar-refractivity contribution in [3.63, 3.8) is 0 Å². The molecule has 43 heavy (non-hydrogen) atoms. The summed E-state index contributed by atoms with van der Waals surface area (Å²) >= 11 is 1.61. The topological polar surface area (TPSA) is 67.9 Å². The van der Waals surface area contributed by atoms with Crippen molar-refractivity contribution in [1.29, 1.82) is 0 Å². The number of nitrogens with zero attached hydrogens (tertiary/aromatic N) is 1. The summed E-state index contributed by atoms with van der Waals surface area (Å²) in [5, 5.41) is 3.08. The van der Waals surface area contributed by atoms with Crippen LogP contribution in [0.2, 0.25) is 0 Å². The van der Waals surface area contributed by atoms with Crippen molar-refractivity contribution in [3.8, 4) is 17.2 Å². The second-order valence-corrected chi connectivity index (χ2v) is 11.3. The monoisotopic (exact) mass is 596 g/mol. The molecule has 0 aromatic heterocycles. The number of unbranched alkanes of at least 4 members (excludes halogenated alkanes) is 4. The molecule has 0 aliphatic heterocycles. The third kappa shape index (κ3) is 10.2. The molecule has 1 N–H and O–H groups in total. The summed E-state index contributed by atoms with van der Waals surface area (Å²) in [5.74, 6) is 1.62. The van der Waals surface area contributed by atoms with Gasteiger partial charge in [-0.1, -0.05) is 81.6 Å². The first-order valence-electron chi connectivity index (χ1n) is 15.0. The molecule has 2 amide bonds. The summed E-state index contributed by atoms with van der Waals surface area (Å²) < 4.78 is 11.4. The van der Waals surface area contributed by atoms with Crippen LogP contribution in [-0.4, -0.2) is 18.5 Å². The van der Waals surface area contributed by atoms with Crippen LogP contribution in [0.3, 0.4) is 0 Å². The van der Waals surface area contributed by atoms with Crippen molar-refractivity contribution < 1.29 is 19.1 Å². The van der Waals surface area contributed by atoms with Crippen LogP contribution >= 0.6 is 11.8 Å². The first-order chi connectivity index (χ1) is 21.1. The molecule has 4 rings (SSSR count). The van der Waals surface area contributed by atoms with Crippen LogP contribution in [0, 0.1) is 0 Å². The molecule has 6 nitrogen and oxygen atoms in total. The summed E-state index contributed by atoms with van der Waals surface area (Å²) in [6.07, 6.45) is 6.69. The molecule has 0 atom stereocenters. The highest BCUT2D eigenvalue weighted by Gasteiger charge is 2.18. The maximum absolute atomic E-state index is 13.7. The molecule has 0 saturated carbocycles. The first-order valence-corrected chi connectivity index (χ1v) is 15.9. The summed E-state index contributed by atoms with van der Waals surface area (Å²) in [6, 6.07) is 32.4. The molecule has 0 aliphatic carbocycles. The number of esters is 1. The van der Waals surface area contributed by atoms with Crippen molar-refractivity contribution in [2.75, 3.05) is 16.8 Å². The first kappa shape index (κ1) is 31.7. The van der Waals surface area contributed by atoms with Crippen LogP contribution in [0.25, 0.3) is 0 Å². The molecule has 0 aliphatic rings. The van der Waals surface area contributed by atoms with Crippen molar-refractivity contribution in [1.82, 2.24) is 0 Å². The van der Waals surface area contributed by atoms with Gasteiger partial charge in [0.25, 0.3) is 0 Å².